The summed E-state index contributed by atoms with van der Waals surface area (Å²) in [6.45, 7) is 4.28. The first-order valence-electron chi connectivity index (χ1n) is 9.83. The van der Waals surface area contributed by atoms with Gasteiger partial charge in [-0.05, 0) is 34.7 Å². The van der Waals surface area contributed by atoms with Crippen molar-refractivity contribution in [2.24, 2.45) is 0 Å². The van der Waals surface area contributed by atoms with Gasteiger partial charge >= 0.3 is 5.97 Å². The van der Waals surface area contributed by atoms with Gasteiger partial charge in [-0.15, -0.1) is 11.3 Å². The number of aromatic carboxylic acids is 1. The first-order valence-corrected chi connectivity index (χ1v) is 10.6. The van der Waals surface area contributed by atoms with E-state index in [1.807, 2.05) is 12.1 Å². The average Bonchev–Trinajstić information content (AvgIpc) is 3.13. The van der Waals surface area contributed by atoms with Crippen molar-refractivity contribution in [3.8, 4) is 16.9 Å². The van der Waals surface area contributed by atoms with Gasteiger partial charge in [-0.1, -0.05) is 50.2 Å². The van der Waals surface area contributed by atoms with Crippen molar-refractivity contribution in [1.82, 2.24) is 0 Å². The minimum absolute atomic E-state index is 0.107. The van der Waals surface area contributed by atoms with Crippen LogP contribution < -0.4 is 10.1 Å². The number of methoxy groups -OCH3 is 1. The maximum atomic E-state index is 12.6. The van der Waals surface area contributed by atoms with Gasteiger partial charge in [0.1, 0.15) is 10.6 Å². The van der Waals surface area contributed by atoms with Gasteiger partial charge in [-0.25, -0.2) is 4.79 Å². The molecule has 2 heterocycles. The normalized spacial score (nSPS) is 15.6. The average molecular weight is 422 g/mol. The largest absolute Gasteiger partial charge is 0.497 e. The molecule has 4 rings (SSSR count). The van der Waals surface area contributed by atoms with E-state index < -0.39 is 5.97 Å². The number of carbonyl (C=O) groups excluding carboxylic acids is 1. The predicted octanol–water partition coefficient (Wildman–Crippen LogP) is 5.72. The van der Waals surface area contributed by atoms with E-state index in [0.29, 0.717) is 29.3 Å². The number of fused-ring (bicyclic) bond motifs is 1. The lowest BCUT2D eigenvalue weighted by Gasteiger charge is -2.24. The Morgan fingerprint density at radius 2 is 1.80 bits per heavy atom. The van der Waals surface area contributed by atoms with Crippen LogP contribution in [-0.2, 0) is 4.79 Å². The quantitative estimate of drug-likeness (QED) is 0.552. The molecule has 1 aliphatic heterocycles. The number of amides is 1. The third kappa shape index (κ3) is 3.59. The predicted molar refractivity (Wildman–Crippen MR) is 119 cm³/mol. The summed E-state index contributed by atoms with van der Waals surface area (Å²) in [5.41, 5.74) is 4.16. The Kier molecular flexibility index (Phi) is 5.35. The molecule has 0 aliphatic carbocycles. The highest BCUT2D eigenvalue weighted by Crippen LogP contribution is 2.49. The second-order valence-corrected chi connectivity index (χ2v) is 8.76. The molecular formula is C24H23NO4S. The van der Waals surface area contributed by atoms with Crippen LogP contribution in [0, 0.1) is 0 Å². The summed E-state index contributed by atoms with van der Waals surface area (Å²) in [5.74, 6) is -0.156. The van der Waals surface area contributed by atoms with E-state index in [4.69, 9.17) is 4.74 Å². The van der Waals surface area contributed by atoms with Crippen LogP contribution in [0.1, 0.15) is 57.8 Å². The number of anilines is 1. The highest BCUT2D eigenvalue weighted by atomic mass is 32.1. The molecule has 0 fully saturated rings. The zero-order valence-corrected chi connectivity index (χ0v) is 17.9. The van der Waals surface area contributed by atoms with E-state index >= 15 is 0 Å². The molecule has 1 aliphatic rings. The summed E-state index contributed by atoms with van der Waals surface area (Å²) >= 11 is 1.24. The molecule has 3 aromatic rings. The summed E-state index contributed by atoms with van der Waals surface area (Å²) in [6.07, 6.45) is 0.301. The summed E-state index contributed by atoms with van der Waals surface area (Å²) in [4.78, 5) is 25.7. The van der Waals surface area contributed by atoms with Gasteiger partial charge in [0, 0.05) is 22.8 Å². The monoisotopic (exact) mass is 421 g/mol. The third-order valence-electron chi connectivity index (χ3n) is 5.48. The number of carboxylic acids is 1. The fourth-order valence-electron chi connectivity index (χ4n) is 3.85. The SMILES string of the molecule is COc1ccc(-c2c(C(=O)O)sc3c2NC(=O)C[C@@H]3c2ccc(C(C)C)cc2)cc1. The van der Waals surface area contributed by atoms with E-state index in [-0.39, 0.29) is 16.7 Å². The Hall–Kier alpha value is -3.12. The van der Waals surface area contributed by atoms with Gasteiger partial charge in [-0.3, -0.25) is 4.79 Å². The van der Waals surface area contributed by atoms with Crippen LogP contribution in [0.2, 0.25) is 0 Å². The first-order chi connectivity index (χ1) is 14.4. The Bertz CT molecular complexity index is 1100. The molecule has 6 heteroatoms. The summed E-state index contributed by atoms with van der Waals surface area (Å²) in [7, 11) is 1.58. The zero-order chi connectivity index (χ0) is 21.4. The molecule has 0 spiro atoms. The van der Waals surface area contributed by atoms with Crippen LogP contribution in [0.5, 0.6) is 5.75 Å². The molecule has 30 heavy (non-hydrogen) atoms. The Labute approximate surface area is 179 Å². The van der Waals surface area contributed by atoms with Gasteiger partial charge in [0.2, 0.25) is 5.91 Å². The van der Waals surface area contributed by atoms with Crippen LogP contribution in [0.4, 0.5) is 5.69 Å². The second kappa shape index (κ2) is 7.95. The first kappa shape index (κ1) is 20.2. The standard InChI is InChI=1S/C24H23NO4S/c1-13(2)14-4-6-15(7-5-14)18-12-19(26)25-21-20(23(24(27)28)30-22(18)21)16-8-10-17(29-3)11-9-16/h4-11,13,18H,12H2,1-3H3,(H,25,26)(H,27,28)/t18-/m1/s1. The zero-order valence-electron chi connectivity index (χ0n) is 17.1. The molecule has 2 N–H and O–H groups in total. The van der Waals surface area contributed by atoms with Crippen molar-refractivity contribution >= 4 is 28.9 Å². The van der Waals surface area contributed by atoms with Crippen LogP contribution in [0.3, 0.4) is 0 Å². The number of carbonyl (C=O) groups is 2. The molecule has 5 nitrogen and oxygen atoms in total. The van der Waals surface area contributed by atoms with Crippen LogP contribution in [-0.4, -0.2) is 24.1 Å². The van der Waals surface area contributed by atoms with Gasteiger partial charge in [0.25, 0.3) is 0 Å². The minimum Gasteiger partial charge on any atom is -0.497 e. The van der Waals surface area contributed by atoms with Gasteiger partial charge in [0.05, 0.1) is 12.8 Å². The molecule has 0 radical (unpaired) electrons. The molecular weight excluding hydrogens is 398 g/mol. The van der Waals surface area contributed by atoms with Gasteiger partial charge in [0.15, 0.2) is 0 Å². The van der Waals surface area contributed by atoms with E-state index in [1.54, 1.807) is 19.2 Å². The van der Waals surface area contributed by atoms with E-state index in [2.05, 4.69) is 43.4 Å². The molecule has 2 aromatic carbocycles. The number of benzene rings is 2. The van der Waals surface area contributed by atoms with Crippen LogP contribution in [0.15, 0.2) is 48.5 Å². The van der Waals surface area contributed by atoms with Crippen molar-refractivity contribution in [1.29, 1.82) is 0 Å². The molecule has 0 saturated carbocycles. The molecule has 1 atom stereocenters. The lowest BCUT2D eigenvalue weighted by atomic mass is 9.87. The van der Waals surface area contributed by atoms with Crippen molar-refractivity contribution in [2.45, 2.75) is 32.1 Å². The highest BCUT2D eigenvalue weighted by Gasteiger charge is 2.34. The molecule has 0 saturated heterocycles. The lowest BCUT2D eigenvalue weighted by molar-refractivity contribution is -0.116. The van der Waals surface area contributed by atoms with Gasteiger partial charge < -0.3 is 15.2 Å². The maximum absolute atomic E-state index is 12.6. The van der Waals surface area contributed by atoms with Crippen molar-refractivity contribution < 1.29 is 19.4 Å². The van der Waals surface area contributed by atoms with Crippen molar-refractivity contribution in [2.75, 3.05) is 12.4 Å². The number of nitrogens with one attached hydrogen (secondary N) is 1. The molecule has 0 unspecified atom stereocenters. The fourth-order valence-corrected chi connectivity index (χ4v) is 5.10. The van der Waals surface area contributed by atoms with Crippen molar-refractivity contribution in [3.05, 3.63) is 69.4 Å². The number of hydrogen-bond acceptors (Lipinski definition) is 4. The van der Waals surface area contributed by atoms with E-state index in [9.17, 15) is 14.7 Å². The number of rotatable bonds is 5. The third-order valence-corrected chi connectivity index (χ3v) is 6.78. The molecule has 154 valence electrons. The Morgan fingerprint density at radius 1 is 1.13 bits per heavy atom. The smallest absolute Gasteiger partial charge is 0.346 e. The Morgan fingerprint density at radius 3 is 2.37 bits per heavy atom. The maximum Gasteiger partial charge on any atom is 0.346 e. The second-order valence-electron chi connectivity index (χ2n) is 7.71. The van der Waals surface area contributed by atoms with Crippen LogP contribution >= 0.6 is 11.3 Å². The number of carboxylic acid groups (broad SMARTS) is 1. The minimum atomic E-state index is -0.997. The summed E-state index contributed by atoms with van der Waals surface area (Å²) in [6, 6.07) is 15.5. The van der Waals surface area contributed by atoms with Crippen LogP contribution in [0.25, 0.3) is 11.1 Å². The topological polar surface area (TPSA) is 75.6 Å². The number of ether oxygens (including phenoxy) is 1. The fraction of sp³-hybridized carbons (Fsp3) is 0.250. The van der Waals surface area contributed by atoms with Crippen molar-refractivity contribution in [3.63, 3.8) is 0 Å². The van der Waals surface area contributed by atoms with E-state index in [1.165, 1.54) is 16.9 Å². The Balaban J connectivity index is 1.85. The summed E-state index contributed by atoms with van der Waals surface area (Å²) in [5, 5.41) is 12.8. The number of hydrogen-bond donors (Lipinski definition) is 2. The lowest BCUT2D eigenvalue weighted by Crippen LogP contribution is -2.22. The van der Waals surface area contributed by atoms with E-state index in [0.717, 1.165) is 16.0 Å². The highest BCUT2D eigenvalue weighted by molar-refractivity contribution is 7.15. The van der Waals surface area contributed by atoms with Gasteiger partial charge in [-0.2, -0.15) is 0 Å². The number of thiophene rings is 1. The molecule has 0 bridgehead atoms. The molecule has 1 amide bonds. The summed E-state index contributed by atoms with van der Waals surface area (Å²) < 4.78 is 5.21. The molecule has 1 aromatic heterocycles.